The van der Waals surface area contributed by atoms with E-state index in [0.717, 1.165) is 11.3 Å². The molecule has 0 aliphatic heterocycles. The lowest BCUT2D eigenvalue weighted by Crippen LogP contribution is -2.34. The van der Waals surface area contributed by atoms with E-state index in [1.54, 1.807) is 30.5 Å². The summed E-state index contributed by atoms with van der Waals surface area (Å²) in [5, 5.41) is 6.93. The van der Waals surface area contributed by atoms with Crippen LogP contribution in [0.15, 0.2) is 53.6 Å². The average molecular weight is 359 g/mol. The molecule has 0 fully saturated rings. The molecule has 0 radical (unpaired) electrons. The maximum absolute atomic E-state index is 11.9. The maximum atomic E-state index is 11.9. The Morgan fingerprint density at radius 1 is 1.08 bits per heavy atom. The van der Waals surface area contributed by atoms with Crippen LogP contribution in [0.4, 0.5) is 5.69 Å². The third-order valence-electron chi connectivity index (χ3n) is 3.33. The van der Waals surface area contributed by atoms with Gasteiger partial charge >= 0.3 is 0 Å². The Morgan fingerprint density at radius 2 is 1.72 bits per heavy atom. The number of nitrogens with zero attached hydrogens (tertiary/aromatic N) is 2. The summed E-state index contributed by atoms with van der Waals surface area (Å²) in [6, 6.07) is 14.1. The van der Waals surface area contributed by atoms with Gasteiger partial charge in [0.15, 0.2) is 0 Å². The Kier molecular flexibility index (Phi) is 6.54. The Hall–Kier alpha value is -2.86. The van der Waals surface area contributed by atoms with Gasteiger partial charge in [-0.15, -0.1) is 0 Å². The minimum atomic E-state index is -0.413. The van der Waals surface area contributed by atoms with Gasteiger partial charge in [-0.2, -0.15) is 5.10 Å². The summed E-state index contributed by atoms with van der Waals surface area (Å²) in [6.45, 7) is -0.168. The van der Waals surface area contributed by atoms with Crippen LogP contribution in [0, 0.1) is 0 Å². The van der Waals surface area contributed by atoms with Crippen molar-refractivity contribution in [2.75, 3.05) is 25.5 Å². The van der Waals surface area contributed by atoms with Crippen LogP contribution in [0.1, 0.15) is 15.9 Å². The summed E-state index contributed by atoms with van der Waals surface area (Å²) >= 11 is 5.76. The zero-order chi connectivity index (χ0) is 18.2. The smallest absolute Gasteiger partial charge is 0.259 e. The molecule has 2 rings (SSSR count). The molecule has 0 spiro atoms. The Bertz CT molecular complexity index is 756. The summed E-state index contributed by atoms with van der Waals surface area (Å²) in [7, 11) is 3.92. The third-order valence-corrected chi connectivity index (χ3v) is 3.58. The predicted molar refractivity (Wildman–Crippen MR) is 100 cm³/mol. The van der Waals surface area contributed by atoms with Crippen LogP contribution in [-0.2, 0) is 4.79 Å². The Labute approximate surface area is 151 Å². The first-order valence-corrected chi connectivity index (χ1v) is 7.96. The average Bonchev–Trinajstić information content (AvgIpc) is 2.60. The zero-order valence-corrected chi connectivity index (χ0v) is 14.7. The highest BCUT2D eigenvalue weighted by molar-refractivity contribution is 6.30. The maximum Gasteiger partial charge on any atom is 0.259 e. The molecule has 0 saturated carbocycles. The van der Waals surface area contributed by atoms with Gasteiger partial charge in [-0.25, -0.2) is 5.43 Å². The van der Waals surface area contributed by atoms with E-state index < -0.39 is 5.91 Å². The van der Waals surface area contributed by atoms with Crippen molar-refractivity contribution >= 4 is 35.3 Å². The summed E-state index contributed by atoms with van der Waals surface area (Å²) < 4.78 is 0. The summed E-state index contributed by atoms with van der Waals surface area (Å²) in [6.07, 6.45) is 1.54. The number of hydrogen-bond donors (Lipinski definition) is 2. The highest BCUT2D eigenvalue weighted by Gasteiger charge is 2.07. The lowest BCUT2D eigenvalue weighted by atomic mass is 10.2. The first-order chi connectivity index (χ1) is 12.0. The fraction of sp³-hybridized carbons (Fsp3) is 0.167. The lowest BCUT2D eigenvalue weighted by molar-refractivity contribution is -0.120. The van der Waals surface area contributed by atoms with Crippen LogP contribution in [-0.4, -0.2) is 38.7 Å². The second-order valence-corrected chi connectivity index (χ2v) is 5.91. The first-order valence-electron chi connectivity index (χ1n) is 7.59. The Morgan fingerprint density at radius 3 is 2.32 bits per heavy atom. The quantitative estimate of drug-likeness (QED) is 0.614. The molecule has 6 nitrogen and oxygen atoms in total. The Balaban J connectivity index is 1.78. The second kappa shape index (κ2) is 8.84. The number of hydrogen-bond acceptors (Lipinski definition) is 4. The number of rotatable bonds is 6. The lowest BCUT2D eigenvalue weighted by Gasteiger charge is -2.11. The van der Waals surface area contributed by atoms with Gasteiger partial charge < -0.3 is 10.2 Å². The van der Waals surface area contributed by atoms with Crippen molar-refractivity contribution in [2.24, 2.45) is 5.10 Å². The van der Waals surface area contributed by atoms with E-state index in [4.69, 9.17) is 11.6 Å². The molecule has 2 aromatic rings. The molecule has 7 heteroatoms. The van der Waals surface area contributed by atoms with Crippen LogP contribution in [0.5, 0.6) is 0 Å². The molecule has 2 amide bonds. The van der Waals surface area contributed by atoms with Crippen molar-refractivity contribution < 1.29 is 9.59 Å². The fourth-order valence-electron chi connectivity index (χ4n) is 1.94. The second-order valence-electron chi connectivity index (χ2n) is 5.47. The van der Waals surface area contributed by atoms with Crippen LogP contribution < -0.4 is 15.6 Å². The van der Waals surface area contributed by atoms with Gasteiger partial charge in [0, 0.05) is 30.4 Å². The van der Waals surface area contributed by atoms with E-state index in [-0.39, 0.29) is 12.5 Å². The van der Waals surface area contributed by atoms with E-state index in [1.165, 1.54) is 0 Å². The summed E-state index contributed by atoms with van der Waals surface area (Å²) in [5.41, 5.74) is 4.73. The van der Waals surface area contributed by atoms with Crippen molar-refractivity contribution in [1.29, 1.82) is 0 Å². The third kappa shape index (κ3) is 5.93. The molecule has 2 N–H and O–H groups in total. The van der Waals surface area contributed by atoms with Gasteiger partial charge in [-0.1, -0.05) is 23.7 Å². The molecule has 0 unspecified atom stereocenters. The zero-order valence-electron chi connectivity index (χ0n) is 14.0. The molecule has 25 heavy (non-hydrogen) atoms. The van der Waals surface area contributed by atoms with Gasteiger partial charge in [-0.05, 0) is 42.0 Å². The first kappa shape index (κ1) is 18.5. The molecule has 0 saturated heterocycles. The number of carbonyl (C=O) groups excluding carboxylic acids is 2. The van der Waals surface area contributed by atoms with E-state index in [9.17, 15) is 9.59 Å². The number of benzene rings is 2. The highest BCUT2D eigenvalue weighted by atomic mass is 35.5. The number of carbonyl (C=O) groups is 2. The van der Waals surface area contributed by atoms with Gasteiger partial charge in [0.05, 0.1) is 12.8 Å². The molecule has 0 bridgehead atoms. The molecule has 0 aliphatic carbocycles. The molecule has 0 atom stereocenters. The number of nitrogens with one attached hydrogen (secondary N) is 2. The van der Waals surface area contributed by atoms with Crippen LogP contribution >= 0.6 is 11.6 Å². The van der Waals surface area contributed by atoms with E-state index >= 15 is 0 Å². The van der Waals surface area contributed by atoms with Crippen molar-refractivity contribution in [3.05, 3.63) is 64.7 Å². The van der Waals surface area contributed by atoms with Crippen molar-refractivity contribution in [1.82, 2.24) is 10.7 Å². The SMILES string of the molecule is CN(C)c1ccc(/C=N/NC(=O)CNC(=O)c2ccc(Cl)cc2)cc1. The van der Waals surface area contributed by atoms with Crippen LogP contribution in [0.25, 0.3) is 0 Å². The molecule has 2 aromatic carbocycles. The number of anilines is 1. The van der Waals surface area contributed by atoms with Crippen LogP contribution in [0.2, 0.25) is 5.02 Å². The van der Waals surface area contributed by atoms with E-state index in [0.29, 0.717) is 10.6 Å². The minimum absolute atomic E-state index is 0.168. The highest BCUT2D eigenvalue weighted by Crippen LogP contribution is 2.11. The van der Waals surface area contributed by atoms with Crippen molar-refractivity contribution in [3.63, 3.8) is 0 Å². The number of amides is 2. The predicted octanol–water partition coefficient (Wildman–Crippen LogP) is 2.29. The molecular weight excluding hydrogens is 340 g/mol. The molecular formula is C18H19ClN4O2. The van der Waals surface area contributed by atoms with Gasteiger partial charge in [0.25, 0.3) is 11.8 Å². The van der Waals surface area contributed by atoms with Crippen LogP contribution in [0.3, 0.4) is 0 Å². The molecule has 0 aliphatic rings. The molecule has 0 aromatic heterocycles. The van der Waals surface area contributed by atoms with Crippen molar-refractivity contribution in [3.8, 4) is 0 Å². The summed E-state index contributed by atoms with van der Waals surface area (Å²) in [5.74, 6) is -0.765. The minimum Gasteiger partial charge on any atom is -0.378 e. The fourth-order valence-corrected chi connectivity index (χ4v) is 2.07. The standard InChI is InChI=1S/C18H19ClN4O2/c1-23(2)16-9-3-13(4-10-16)11-21-22-17(24)12-20-18(25)14-5-7-15(19)8-6-14/h3-11H,12H2,1-2H3,(H,20,25)(H,22,24)/b21-11+. The molecule has 0 heterocycles. The van der Waals surface area contributed by atoms with E-state index in [1.807, 2.05) is 43.3 Å². The normalized spacial score (nSPS) is 10.5. The summed E-state index contributed by atoms with van der Waals surface area (Å²) in [4.78, 5) is 25.6. The van der Waals surface area contributed by atoms with Gasteiger partial charge in [-0.3, -0.25) is 9.59 Å². The monoisotopic (exact) mass is 358 g/mol. The number of hydrazone groups is 1. The van der Waals surface area contributed by atoms with Crippen molar-refractivity contribution in [2.45, 2.75) is 0 Å². The topological polar surface area (TPSA) is 73.8 Å². The molecule has 130 valence electrons. The number of halogens is 1. The van der Waals surface area contributed by atoms with Gasteiger partial charge in [0.2, 0.25) is 0 Å². The van der Waals surface area contributed by atoms with Gasteiger partial charge in [0.1, 0.15) is 0 Å². The van der Waals surface area contributed by atoms with E-state index in [2.05, 4.69) is 15.8 Å². The largest absolute Gasteiger partial charge is 0.378 e.